The van der Waals surface area contributed by atoms with Gasteiger partial charge in [0.15, 0.2) is 0 Å². The number of halogens is 2. The molecule has 1 heterocycles. The van der Waals surface area contributed by atoms with Crippen LogP contribution in [0.15, 0.2) is 84.4 Å². The lowest BCUT2D eigenvalue weighted by Crippen LogP contribution is -2.27. The van der Waals surface area contributed by atoms with E-state index < -0.39 is 15.9 Å². The van der Waals surface area contributed by atoms with Crippen LogP contribution in [0, 0.1) is 0 Å². The Hall–Kier alpha value is -3.43. The zero-order valence-electron chi connectivity index (χ0n) is 17.5. The zero-order chi connectivity index (χ0) is 24.1. The van der Waals surface area contributed by atoms with Crippen molar-refractivity contribution in [2.75, 3.05) is 10.7 Å². The van der Waals surface area contributed by atoms with Crippen molar-refractivity contribution in [2.45, 2.75) is 0 Å². The predicted octanol–water partition coefficient (Wildman–Crippen LogP) is 5.71. The summed E-state index contributed by atoms with van der Waals surface area (Å²) in [4.78, 5) is 19.5. The van der Waals surface area contributed by atoms with Crippen LogP contribution in [-0.2, 0) is 10.0 Å². The Labute approximate surface area is 206 Å². The molecule has 0 fully saturated rings. The van der Waals surface area contributed by atoms with Gasteiger partial charge in [0.05, 0.1) is 32.5 Å². The van der Waals surface area contributed by atoms with Crippen molar-refractivity contribution < 1.29 is 13.2 Å². The van der Waals surface area contributed by atoms with Gasteiger partial charge in [-0.25, -0.2) is 8.42 Å². The molecule has 1 aromatic heterocycles. The number of amides is 1. The van der Waals surface area contributed by atoms with Crippen LogP contribution in [-0.4, -0.2) is 19.3 Å². The summed E-state index contributed by atoms with van der Waals surface area (Å²) in [6.45, 7) is 0. The number of sulfonamides is 1. The van der Waals surface area contributed by atoms with Crippen LogP contribution in [0.2, 0.25) is 10.0 Å². The maximum absolute atomic E-state index is 12.8. The highest BCUT2D eigenvalue weighted by molar-refractivity contribution is 7.92. The van der Waals surface area contributed by atoms with Gasteiger partial charge in [-0.15, -0.1) is 4.83 Å². The van der Waals surface area contributed by atoms with Crippen molar-refractivity contribution in [1.29, 1.82) is 0 Å². The number of hydrogen-bond donors (Lipinski definition) is 3. The van der Waals surface area contributed by atoms with E-state index in [1.54, 1.807) is 54.6 Å². The molecule has 3 aromatic carbocycles. The van der Waals surface area contributed by atoms with Gasteiger partial charge in [0.25, 0.3) is 5.91 Å². The van der Waals surface area contributed by atoms with E-state index in [1.807, 2.05) is 18.2 Å². The zero-order valence-corrected chi connectivity index (χ0v) is 19.8. The highest BCUT2D eigenvalue weighted by atomic mass is 35.5. The normalized spacial score (nSPS) is 11.6. The number of nitrogens with zero attached hydrogens (tertiary/aromatic N) is 1. The molecule has 3 N–H and O–H groups in total. The lowest BCUT2D eigenvalue weighted by molar-refractivity contribution is 0.102. The fourth-order valence-electron chi connectivity index (χ4n) is 3.18. The quantitative estimate of drug-likeness (QED) is 0.275. The van der Waals surface area contributed by atoms with Gasteiger partial charge in [-0.3, -0.25) is 9.78 Å². The summed E-state index contributed by atoms with van der Waals surface area (Å²) in [5, 5.41) is 4.87. The van der Waals surface area contributed by atoms with Crippen LogP contribution in [0.3, 0.4) is 0 Å². The van der Waals surface area contributed by atoms with Crippen LogP contribution in [0.5, 0.6) is 0 Å². The van der Waals surface area contributed by atoms with Gasteiger partial charge in [0, 0.05) is 17.0 Å². The first-order chi connectivity index (χ1) is 16.3. The first-order valence-electron chi connectivity index (χ1n) is 9.98. The minimum atomic E-state index is -3.78. The standard InChI is InChI=1S/C24H18Cl2N4O3S/c25-18-9-5-10-19(26)22(18)24(31)28-21-11-4-8-17-20(12-14-27-23(17)21)29-30-34(32,33)15-13-16-6-2-1-3-7-16/h1-15,30H,(H,27,29)(H,28,31). The molecule has 0 aliphatic carbocycles. The molecule has 4 rings (SSSR count). The molecule has 0 saturated carbocycles. The SMILES string of the molecule is O=C(Nc1cccc2c(NNS(=O)(=O)C=Cc3ccccc3)ccnc12)c1c(Cl)cccc1Cl. The minimum Gasteiger partial charge on any atom is -0.320 e. The predicted molar refractivity (Wildman–Crippen MR) is 137 cm³/mol. The molecule has 0 radical (unpaired) electrons. The maximum atomic E-state index is 12.8. The number of hydrogen-bond acceptors (Lipinski definition) is 5. The second kappa shape index (κ2) is 10.2. The monoisotopic (exact) mass is 512 g/mol. The summed E-state index contributed by atoms with van der Waals surface area (Å²) >= 11 is 12.3. The average Bonchev–Trinajstić information content (AvgIpc) is 2.82. The van der Waals surface area contributed by atoms with Gasteiger partial charge >= 0.3 is 0 Å². The van der Waals surface area contributed by atoms with E-state index in [9.17, 15) is 13.2 Å². The van der Waals surface area contributed by atoms with Crippen molar-refractivity contribution in [3.05, 3.63) is 106 Å². The number of pyridine rings is 1. The van der Waals surface area contributed by atoms with Crippen molar-refractivity contribution in [3.8, 4) is 0 Å². The van der Waals surface area contributed by atoms with E-state index >= 15 is 0 Å². The first kappa shape index (κ1) is 23.7. The molecule has 0 aliphatic heterocycles. The van der Waals surface area contributed by atoms with Crippen LogP contribution >= 0.6 is 23.2 Å². The molecule has 0 atom stereocenters. The number of para-hydroxylation sites is 1. The number of fused-ring (bicyclic) bond motifs is 1. The Morgan fingerprint density at radius 1 is 0.853 bits per heavy atom. The van der Waals surface area contributed by atoms with E-state index in [0.717, 1.165) is 11.0 Å². The van der Waals surface area contributed by atoms with Crippen molar-refractivity contribution >= 4 is 67.5 Å². The number of carbonyl (C=O) groups excluding carboxylic acids is 1. The maximum Gasteiger partial charge on any atom is 0.258 e. The number of hydrazine groups is 1. The van der Waals surface area contributed by atoms with Gasteiger partial charge in [-0.2, -0.15) is 0 Å². The Morgan fingerprint density at radius 2 is 1.56 bits per heavy atom. The third-order valence-corrected chi connectivity index (χ3v) is 6.29. The molecular formula is C24H18Cl2N4O3S. The molecule has 1 amide bonds. The summed E-state index contributed by atoms with van der Waals surface area (Å²) in [5.74, 6) is -0.491. The van der Waals surface area contributed by atoms with E-state index in [0.29, 0.717) is 22.3 Å². The van der Waals surface area contributed by atoms with Crippen LogP contribution in [0.25, 0.3) is 17.0 Å². The number of benzene rings is 3. The van der Waals surface area contributed by atoms with Gasteiger partial charge in [-0.05, 0) is 35.9 Å². The Morgan fingerprint density at radius 3 is 2.29 bits per heavy atom. The molecule has 0 saturated heterocycles. The van der Waals surface area contributed by atoms with Crippen molar-refractivity contribution in [1.82, 2.24) is 9.82 Å². The summed E-state index contributed by atoms with van der Waals surface area (Å²) in [7, 11) is -3.78. The number of nitrogens with one attached hydrogen (secondary N) is 3. The average molecular weight is 513 g/mol. The largest absolute Gasteiger partial charge is 0.320 e. The summed E-state index contributed by atoms with van der Waals surface area (Å²) < 4.78 is 24.8. The topological polar surface area (TPSA) is 100 Å². The van der Waals surface area contributed by atoms with Crippen LogP contribution < -0.4 is 15.6 Å². The lowest BCUT2D eigenvalue weighted by atomic mass is 10.1. The fraction of sp³-hybridized carbons (Fsp3) is 0. The molecule has 172 valence electrons. The molecule has 7 nitrogen and oxygen atoms in total. The van der Waals surface area contributed by atoms with E-state index in [1.165, 1.54) is 12.3 Å². The van der Waals surface area contributed by atoms with Gasteiger partial charge in [-0.1, -0.05) is 71.7 Å². The van der Waals surface area contributed by atoms with E-state index in [2.05, 4.69) is 20.6 Å². The van der Waals surface area contributed by atoms with Crippen molar-refractivity contribution in [2.24, 2.45) is 0 Å². The smallest absolute Gasteiger partial charge is 0.258 e. The Balaban J connectivity index is 1.56. The highest BCUT2D eigenvalue weighted by Gasteiger charge is 2.17. The summed E-state index contributed by atoms with van der Waals surface area (Å²) in [6, 6.07) is 20.6. The molecule has 4 aromatic rings. The van der Waals surface area contributed by atoms with E-state index in [4.69, 9.17) is 23.2 Å². The van der Waals surface area contributed by atoms with Gasteiger partial charge < -0.3 is 10.7 Å². The highest BCUT2D eigenvalue weighted by Crippen LogP contribution is 2.29. The number of anilines is 2. The molecular weight excluding hydrogens is 495 g/mol. The molecule has 34 heavy (non-hydrogen) atoms. The fourth-order valence-corrected chi connectivity index (χ4v) is 4.40. The third kappa shape index (κ3) is 5.55. The molecule has 0 unspecified atom stereocenters. The number of carbonyl (C=O) groups is 1. The molecule has 0 spiro atoms. The summed E-state index contributed by atoms with van der Waals surface area (Å²) in [5.41, 5.74) is 4.92. The third-order valence-electron chi connectivity index (χ3n) is 4.78. The number of aromatic nitrogens is 1. The van der Waals surface area contributed by atoms with E-state index in [-0.39, 0.29) is 15.6 Å². The van der Waals surface area contributed by atoms with Crippen molar-refractivity contribution in [3.63, 3.8) is 0 Å². The van der Waals surface area contributed by atoms with Crippen LogP contribution in [0.1, 0.15) is 15.9 Å². The molecule has 10 heteroatoms. The van der Waals surface area contributed by atoms with Crippen LogP contribution in [0.4, 0.5) is 11.4 Å². The second-order valence-corrected chi connectivity index (χ2v) is 9.48. The second-order valence-electron chi connectivity index (χ2n) is 7.10. The van der Waals surface area contributed by atoms with Gasteiger partial charge in [0.1, 0.15) is 0 Å². The Kier molecular flexibility index (Phi) is 7.14. The number of rotatable bonds is 7. The molecule has 0 bridgehead atoms. The Bertz CT molecular complexity index is 1470. The first-order valence-corrected chi connectivity index (χ1v) is 12.3. The lowest BCUT2D eigenvalue weighted by Gasteiger charge is -2.13. The molecule has 0 aliphatic rings. The summed E-state index contributed by atoms with van der Waals surface area (Å²) in [6.07, 6.45) is 2.99. The van der Waals surface area contributed by atoms with Gasteiger partial charge in [0.2, 0.25) is 10.0 Å². The minimum absolute atomic E-state index is 0.148.